The summed E-state index contributed by atoms with van der Waals surface area (Å²) in [5.41, 5.74) is 0. The van der Waals surface area contributed by atoms with E-state index in [4.69, 9.17) is 9.47 Å². The Labute approximate surface area is 516 Å². The Kier molecular flexibility index (Phi) is 58.6. The lowest BCUT2D eigenvalue weighted by Gasteiger charge is -2.40. The van der Waals surface area contributed by atoms with Gasteiger partial charge in [0.05, 0.1) is 25.4 Å². The van der Waals surface area contributed by atoms with Crippen LogP contribution in [-0.4, -0.2) is 87.5 Å². The van der Waals surface area contributed by atoms with Gasteiger partial charge in [0.15, 0.2) is 6.29 Å². The summed E-state index contributed by atoms with van der Waals surface area (Å²) >= 11 is 0. The number of hydrogen-bond donors (Lipinski definition) is 6. The fraction of sp³-hybridized carbons (Fsp3) is 0.720. The molecule has 0 aromatic carbocycles. The first-order chi connectivity index (χ1) is 41.3. The van der Waals surface area contributed by atoms with Crippen LogP contribution in [-0.2, 0) is 14.3 Å². The molecule has 1 saturated heterocycles. The van der Waals surface area contributed by atoms with Gasteiger partial charge in [-0.25, -0.2) is 0 Å². The minimum absolute atomic E-state index is 0.189. The van der Waals surface area contributed by atoms with Crippen LogP contribution in [0.15, 0.2) is 122 Å². The van der Waals surface area contributed by atoms with E-state index in [9.17, 15) is 30.3 Å². The highest BCUT2D eigenvalue weighted by Gasteiger charge is 2.44. The fourth-order valence-electron chi connectivity index (χ4n) is 10.4. The van der Waals surface area contributed by atoms with Crippen LogP contribution in [0.1, 0.15) is 290 Å². The number of amides is 1. The molecule has 0 radical (unpaired) electrons. The third kappa shape index (κ3) is 50.7. The third-order valence-electron chi connectivity index (χ3n) is 15.8. The molecule has 6 N–H and O–H groups in total. The smallest absolute Gasteiger partial charge is 0.220 e. The minimum atomic E-state index is -1.58. The maximum Gasteiger partial charge on any atom is 0.220 e. The van der Waals surface area contributed by atoms with Crippen molar-refractivity contribution in [3.63, 3.8) is 0 Å². The highest BCUT2D eigenvalue weighted by atomic mass is 16.7. The third-order valence-corrected chi connectivity index (χ3v) is 15.8. The maximum atomic E-state index is 13.1. The van der Waals surface area contributed by atoms with Crippen molar-refractivity contribution in [3.05, 3.63) is 122 Å². The summed E-state index contributed by atoms with van der Waals surface area (Å²) < 4.78 is 11.3. The Morgan fingerprint density at radius 1 is 0.417 bits per heavy atom. The van der Waals surface area contributed by atoms with Crippen LogP contribution in [0.4, 0.5) is 0 Å². The van der Waals surface area contributed by atoms with Crippen molar-refractivity contribution in [2.24, 2.45) is 0 Å². The second-order valence-corrected chi connectivity index (χ2v) is 23.6. The predicted octanol–water partition coefficient (Wildman–Crippen LogP) is 19.0. The van der Waals surface area contributed by atoms with Crippen molar-refractivity contribution >= 4 is 5.91 Å². The van der Waals surface area contributed by atoms with Gasteiger partial charge in [-0.3, -0.25) is 4.79 Å². The second-order valence-electron chi connectivity index (χ2n) is 23.6. The van der Waals surface area contributed by atoms with Crippen LogP contribution in [0, 0.1) is 0 Å². The highest BCUT2D eigenvalue weighted by Crippen LogP contribution is 2.23. The number of rotatable bonds is 59. The van der Waals surface area contributed by atoms with E-state index in [0.29, 0.717) is 6.42 Å². The van der Waals surface area contributed by atoms with E-state index in [-0.39, 0.29) is 12.5 Å². The molecular formula is C75H129NO8. The Bertz CT molecular complexity index is 1740. The number of unbranched alkanes of at least 4 members (excludes halogenated alkanes) is 31. The molecule has 0 aromatic rings. The molecule has 1 heterocycles. The molecule has 7 atom stereocenters. The van der Waals surface area contributed by atoms with E-state index in [2.05, 4.69) is 129 Å². The van der Waals surface area contributed by atoms with E-state index < -0.39 is 49.5 Å². The molecule has 0 spiro atoms. The summed E-state index contributed by atoms with van der Waals surface area (Å²) in [5.74, 6) is -0.189. The van der Waals surface area contributed by atoms with E-state index >= 15 is 0 Å². The Hall–Kier alpha value is -3.41. The van der Waals surface area contributed by atoms with Crippen LogP contribution in [0.25, 0.3) is 0 Å². The summed E-state index contributed by atoms with van der Waals surface area (Å²) in [5, 5.41) is 54.7. The molecule has 0 aliphatic carbocycles. The Morgan fingerprint density at radius 2 is 0.750 bits per heavy atom. The first-order valence-electron chi connectivity index (χ1n) is 34.8. The van der Waals surface area contributed by atoms with Crippen molar-refractivity contribution in [3.8, 4) is 0 Å². The number of allylic oxidation sites excluding steroid dienone is 19. The largest absolute Gasteiger partial charge is 0.394 e. The molecular weight excluding hydrogens is 1040 g/mol. The maximum absolute atomic E-state index is 13.1. The molecule has 1 fully saturated rings. The number of hydrogen-bond acceptors (Lipinski definition) is 8. The fourth-order valence-corrected chi connectivity index (χ4v) is 10.4. The molecule has 1 rings (SSSR count). The van der Waals surface area contributed by atoms with E-state index in [0.717, 1.165) is 89.9 Å². The van der Waals surface area contributed by atoms with Crippen LogP contribution >= 0.6 is 0 Å². The second kappa shape index (κ2) is 62.6. The summed E-state index contributed by atoms with van der Waals surface area (Å²) in [7, 11) is 0. The van der Waals surface area contributed by atoms with Gasteiger partial charge in [0.25, 0.3) is 0 Å². The monoisotopic (exact) mass is 1170 g/mol. The molecule has 1 amide bonds. The molecule has 0 bridgehead atoms. The minimum Gasteiger partial charge on any atom is -0.394 e. The van der Waals surface area contributed by atoms with Gasteiger partial charge in [-0.2, -0.15) is 0 Å². The molecule has 7 unspecified atom stereocenters. The first-order valence-corrected chi connectivity index (χ1v) is 34.8. The lowest BCUT2D eigenvalue weighted by atomic mass is 9.99. The van der Waals surface area contributed by atoms with Crippen molar-refractivity contribution in [1.82, 2.24) is 5.32 Å². The van der Waals surface area contributed by atoms with Gasteiger partial charge in [0, 0.05) is 6.42 Å². The van der Waals surface area contributed by atoms with E-state index in [1.54, 1.807) is 6.08 Å². The zero-order valence-corrected chi connectivity index (χ0v) is 53.9. The van der Waals surface area contributed by atoms with Gasteiger partial charge < -0.3 is 40.3 Å². The highest BCUT2D eigenvalue weighted by molar-refractivity contribution is 5.76. The molecule has 1 aliphatic rings. The summed E-state index contributed by atoms with van der Waals surface area (Å²) in [6.45, 7) is 3.67. The molecule has 0 aromatic heterocycles. The zero-order valence-electron chi connectivity index (χ0n) is 53.9. The predicted molar refractivity (Wildman–Crippen MR) is 359 cm³/mol. The number of aliphatic hydroxyl groups is 5. The van der Waals surface area contributed by atoms with Gasteiger partial charge in [-0.05, 0) is 96.3 Å². The molecule has 0 saturated carbocycles. The van der Waals surface area contributed by atoms with Crippen LogP contribution in [0.3, 0.4) is 0 Å². The van der Waals surface area contributed by atoms with Crippen molar-refractivity contribution in [2.45, 2.75) is 333 Å². The van der Waals surface area contributed by atoms with Crippen molar-refractivity contribution in [2.75, 3.05) is 13.2 Å². The summed E-state index contributed by atoms with van der Waals surface area (Å²) in [6, 6.07) is -0.830. The van der Waals surface area contributed by atoms with Gasteiger partial charge >= 0.3 is 0 Å². The quantitative estimate of drug-likeness (QED) is 0.0261. The number of aliphatic hydroxyl groups excluding tert-OH is 5. The number of carbonyl (C=O) groups is 1. The molecule has 9 heteroatoms. The first kappa shape index (κ1) is 78.6. The molecule has 1 aliphatic heterocycles. The normalized spacial score (nSPS) is 19.0. The Morgan fingerprint density at radius 3 is 1.14 bits per heavy atom. The van der Waals surface area contributed by atoms with Crippen LogP contribution in [0.2, 0.25) is 0 Å². The zero-order chi connectivity index (χ0) is 60.7. The SMILES string of the molecule is CC/C=C\C/C=C\C/C=C\C/C=C\C/C=C\C/C=C\C/C=C\C/C=C\CCCCCCCCCCCCCCCCC(=O)NC(COC1OC(CO)C(O)C(O)C1O)C(O)/C=C/CC/C=C/CCCCCCCCCCCCCCCCCC. The average Bonchev–Trinajstić information content (AvgIpc) is 3.70. The Balaban J connectivity index is 2.14. The van der Waals surface area contributed by atoms with Crippen molar-refractivity contribution in [1.29, 1.82) is 0 Å². The lowest BCUT2D eigenvalue weighted by Crippen LogP contribution is -2.60. The molecule has 9 nitrogen and oxygen atoms in total. The van der Waals surface area contributed by atoms with Gasteiger partial charge in [-0.15, -0.1) is 0 Å². The van der Waals surface area contributed by atoms with Crippen LogP contribution in [0.5, 0.6) is 0 Å². The average molecular weight is 1170 g/mol. The molecule has 84 heavy (non-hydrogen) atoms. The van der Waals surface area contributed by atoms with Gasteiger partial charge in [0.1, 0.15) is 24.4 Å². The standard InChI is InChI=1S/C75H129NO8/c1-3-5-7-9-11-13-15-17-19-21-23-25-27-28-29-30-31-32-33-34-35-36-37-38-39-40-41-42-43-45-47-49-51-53-55-57-59-61-63-65-71(79)76-68(67-83-75-74(82)73(81)72(80)70(66-77)84-75)69(78)64-62-60-58-56-54-52-50-48-46-44-26-24-22-20-18-16-14-12-10-8-6-4-2/h5,7,11,13,17,19,23,25,28-29,31-32,34-35,37-38,54,56,62,64,68-70,72-75,77-78,80-82H,3-4,6,8-10,12,14-16,18,20-22,24,26-27,30,33,36,39-53,55,57-61,63,65-67H2,1-2H3,(H,76,79)/b7-5-,13-11-,19-17-,25-23-,29-28-,32-31-,35-34-,38-37-,56-54+,64-62+. The van der Waals surface area contributed by atoms with E-state index in [1.165, 1.54) is 180 Å². The lowest BCUT2D eigenvalue weighted by molar-refractivity contribution is -0.302. The van der Waals surface area contributed by atoms with Crippen molar-refractivity contribution < 1.29 is 39.8 Å². The number of ether oxygens (including phenoxy) is 2. The van der Waals surface area contributed by atoms with E-state index in [1.807, 2.05) is 6.08 Å². The molecule has 482 valence electrons. The van der Waals surface area contributed by atoms with Gasteiger partial charge in [0.2, 0.25) is 5.91 Å². The summed E-state index contributed by atoms with van der Waals surface area (Å²) in [6.07, 6.45) is 87.2. The number of carbonyl (C=O) groups excluding carboxylic acids is 1. The van der Waals surface area contributed by atoms with Crippen LogP contribution < -0.4 is 5.32 Å². The number of nitrogens with one attached hydrogen (secondary N) is 1. The topological polar surface area (TPSA) is 149 Å². The summed E-state index contributed by atoms with van der Waals surface area (Å²) in [4.78, 5) is 13.1. The van der Waals surface area contributed by atoms with Gasteiger partial charge in [-0.1, -0.05) is 309 Å².